The van der Waals surface area contributed by atoms with Crippen molar-refractivity contribution in [3.05, 3.63) is 24.3 Å². The number of rotatable bonds is 62. The molecule has 0 bridgehead atoms. The number of unbranched alkanes of at least 4 members (excludes halogenated alkanes) is 47. The van der Waals surface area contributed by atoms with Crippen LogP contribution in [-0.2, 0) is 14.3 Å². The highest BCUT2D eigenvalue weighted by molar-refractivity contribution is 5.76. The monoisotopic (exact) mass is 1030 g/mol. The van der Waals surface area contributed by atoms with Gasteiger partial charge in [-0.3, -0.25) is 9.59 Å². The number of ether oxygens (including phenoxy) is 1. The van der Waals surface area contributed by atoms with Gasteiger partial charge in [-0.15, -0.1) is 0 Å². The van der Waals surface area contributed by atoms with Crippen molar-refractivity contribution in [2.75, 3.05) is 13.2 Å². The fraction of sp³-hybridized carbons (Fsp3) is 0.910. The zero-order chi connectivity index (χ0) is 52.9. The Morgan fingerprint density at radius 1 is 0.370 bits per heavy atom. The Morgan fingerprint density at radius 3 is 0.973 bits per heavy atom. The molecule has 0 spiro atoms. The molecule has 0 aliphatic heterocycles. The van der Waals surface area contributed by atoms with Crippen LogP contribution in [0, 0.1) is 0 Å². The summed E-state index contributed by atoms with van der Waals surface area (Å²) < 4.78 is 5.48. The molecule has 0 aromatic rings. The first-order valence-electron chi connectivity index (χ1n) is 33.1. The number of carbonyl (C=O) groups excluding carboxylic acids is 2. The number of hydrogen-bond donors (Lipinski definition) is 3. The summed E-state index contributed by atoms with van der Waals surface area (Å²) >= 11 is 0. The molecule has 6 nitrogen and oxygen atoms in total. The number of allylic oxidation sites excluding steroid dienone is 4. The normalized spacial score (nSPS) is 12.7. The van der Waals surface area contributed by atoms with Gasteiger partial charge in [0.2, 0.25) is 5.91 Å². The van der Waals surface area contributed by atoms with Gasteiger partial charge in [0.1, 0.15) is 0 Å². The Labute approximate surface area is 456 Å². The van der Waals surface area contributed by atoms with Crippen molar-refractivity contribution in [3.63, 3.8) is 0 Å². The molecular weight excluding hydrogens is 899 g/mol. The Kier molecular flexibility index (Phi) is 61.4. The van der Waals surface area contributed by atoms with Crippen LogP contribution in [0.2, 0.25) is 0 Å². The van der Waals surface area contributed by atoms with Gasteiger partial charge < -0.3 is 20.3 Å². The van der Waals surface area contributed by atoms with Gasteiger partial charge in [0, 0.05) is 12.8 Å². The van der Waals surface area contributed by atoms with Crippen LogP contribution in [0.5, 0.6) is 0 Å². The van der Waals surface area contributed by atoms with Crippen molar-refractivity contribution >= 4 is 11.9 Å². The molecule has 0 heterocycles. The molecule has 0 rings (SSSR count). The van der Waals surface area contributed by atoms with E-state index in [2.05, 4.69) is 43.5 Å². The molecule has 0 aliphatic rings. The van der Waals surface area contributed by atoms with Crippen molar-refractivity contribution in [2.24, 2.45) is 0 Å². The summed E-state index contributed by atoms with van der Waals surface area (Å²) in [5.74, 6) is -0.0586. The number of amides is 1. The summed E-state index contributed by atoms with van der Waals surface area (Å²) in [5.41, 5.74) is 0. The Hall–Kier alpha value is -1.66. The maximum Gasteiger partial charge on any atom is 0.305 e. The van der Waals surface area contributed by atoms with E-state index in [0.29, 0.717) is 25.9 Å². The maximum atomic E-state index is 12.5. The van der Waals surface area contributed by atoms with Crippen molar-refractivity contribution < 1.29 is 24.5 Å². The number of nitrogens with one attached hydrogen (secondary N) is 1. The third kappa shape index (κ3) is 59.4. The minimum atomic E-state index is -0.676. The topological polar surface area (TPSA) is 95.9 Å². The fourth-order valence-electron chi connectivity index (χ4n) is 10.4. The summed E-state index contributed by atoms with van der Waals surface area (Å²) in [6, 6.07) is -0.554. The summed E-state index contributed by atoms with van der Waals surface area (Å²) in [7, 11) is 0. The lowest BCUT2D eigenvalue weighted by Crippen LogP contribution is -2.45. The summed E-state index contributed by atoms with van der Waals surface area (Å²) in [5, 5.41) is 23.4. The van der Waals surface area contributed by atoms with Gasteiger partial charge >= 0.3 is 5.97 Å². The Bertz CT molecular complexity index is 1140. The highest BCUT2D eigenvalue weighted by Crippen LogP contribution is 2.18. The lowest BCUT2D eigenvalue weighted by molar-refractivity contribution is -0.143. The van der Waals surface area contributed by atoms with E-state index in [0.717, 1.165) is 70.6 Å². The molecule has 73 heavy (non-hydrogen) atoms. The molecule has 0 aromatic heterocycles. The average molecular weight is 1030 g/mol. The molecular formula is C67H129NO5. The molecule has 0 saturated heterocycles. The summed E-state index contributed by atoms with van der Waals surface area (Å²) in [6.07, 6.45) is 77.7. The zero-order valence-corrected chi connectivity index (χ0v) is 49.4. The van der Waals surface area contributed by atoms with E-state index in [1.165, 1.54) is 263 Å². The smallest absolute Gasteiger partial charge is 0.305 e. The van der Waals surface area contributed by atoms with Crippen LogP contribution in [0.3, 0.4) is 0 Å². The molecule has 432 valence electrons. The van der Waals surface area contributed by atoms with Gasteiger partial charge in [0.15, 0.2) is 0 Å². The van der Waals surface area contributed by atoms with Crippen LogP contribution in [0.4, 0.5) is 0 Å². The standard InChI is InChI=1S/C67H129NO5/c1-3-5-7-9-11-13-15-17-19-21-22-23-24-25-26-27-29-31-35-39-43-47-51-55-59-65(70)64(63-69)68-66(71)60-56-52-48-44-40-36-32-30-34-38-42-46-50-54-58-62-73-67(72)61-57-53-49-45-41-37-33-28-20-18-16-14-12-10-8-6-4-2/h18,20,34,38,64-65,69-70H,3-17,19,21-33,35-37,39-63H2,1-2H3,(H,68,71)/b20-18-,38-34-. The Balaban J connectivity index is 3.45. The SMILES string of the molecule is CCCCCCCC/C=C\CCCCCCCCCC(=O)OCCCCCC/C=C\CCCCCCCCCC(=O)NC(CO)C(O)CCCCCCCCCCCCCCCCCCCCCCCCCC. The second kappa shape index (κ2) is 62.9. The molecule has 0 fully saturated rings. The molecule has 2 atom stereocenters. The van der Waals surface area contributed by atoms with Crippen LogP contribution in [0.1, 0.15) is 367 Å². The lowest BCUT2D eigenvalue weighted by atomic mass is 10.0. The lowest BCUT2D eigenvalue weighted by Gasteiger charge is -2.22. The third-order valence-corrected chi connectivity index (χ3v) is 15.5. The first-order valence-corrected chi connectivity index (χ1v) is 33.1. The predicted molar refractivity (Wildman–Crippen MR) is 320 cm³/mol. The first-order chi connectivity index (χ1) is 36.0. The molecule has 3 N–H and O–H groups in total. The van der Waals surface area contributed by atoms with Crippen LogP contribution in [0.15, 0.2) is 24.3 Å². The fourth-order valence-corrected chi connectivity index (χ4v) is 10.4. The summed E-state index contributed by atoms with van der Waals surface area (Å²) in [6.45, 7) is 4.94. The van der Waals surface area contributed by atoms with E-state index >= 15 is 0 Å². The number of aliphatic hydroxyl groups excluding tert-OH is 2. The van der Waals surface area contributed by atoms with Gasteiger partial charge in [0.25, 0.3) is 0 Å². The van der Waals surface area contributed by atoms with Crippen molar-refractivity contribution in [3.8, 4) is 0 Å². The van der Waals surface area contributed by atoms with E-state index in [-0.39, 0.29) is 18.5 Å². The van der Waals surface area contributed by atoms with Gasteiger partial charge in [-0.2, -0.15) is 0 Å². The average Bonchev–Trinajstić information content (AvgIpc) is 3.39. The molecule has 2 unspecified atom stereocenters. The molecule has 0 aliphatic carbocycles. The molecule has 1 amide bonds. The van der Waals surface area contributed by atoms with Crippen molar-refractivity contribution in [1.29, 1.82) is 0 Å². The number of aliphatic hydroxyl groups is 2. The maximum absolute atomic E-state index is 12.5. The van der Waals surface area contributed by atoms with E-state index in [4.69, 9.17) is 4.74 Å². The largest absolute Gasteiger partial charge is 0.466 e. The van der Waals surface area contributed by atoms with E-state index in [9.17, 15) is 19.8 Å². The van der Waals surface area contributed by atoms with E-state index in [1.54, 1.807) is 0 Å². The molecule has 0 aromatic carbocycles. The van der Waals surface area contributed by atoms with Crippen LogP contribution < -0.4 is 5.32 Å². The second-order valence-electron chi connectivity index (χ2n) is 22.8. The second-order valence-corrected chi connectivity index (χ2v) is 22.8. The molecule has 0 radical (unpaired) electrons. The highest BCUT2D eigenvalue weighted by atomic mass is 16.5. The van der Waals surface area contributed by atoms with Gasteiger partial charge in [-0.25, -0.2) is 0 Å². The third-order valence-electron chi connectivity index (χ3n) is 15.5. The van der Waals surface area contributed by atoms with Crippen LogP contribution in [-0.4, -0.2) is 47.4 Å². The van der Waals surface area contributed by atoms with Crippen LogP contribution >= 0.6 is 0 Å². The minimum Gasteiger partial charge on any atom is -0.466 e. The highest BCUT2D eigenvalue weighted by Gasteiger charge is 2.20. The van der Waals surface area contributed by atoms with Crippen molar-refractivity contribution in [2.45, 2.75) is 379 Å². The van der Waals surface area contributed by atoms with Gasteiger partial charge in [-0.05, 0) is 77.0 Å². The van der Waals surface area contributed by atoms with E-state index in [1.807, 2.05) is 0 Å². The number of hydrogen-bond acceptors (Lipinski definition) is 5. The predicted octanol–water partition coefficient (Wildman–Crippen LogP) is 21.0. The molecule has 0 saturated carbocycles. The van der Waals surface area contributed by atoms with E-state index < -0.39 is 12.1 Å². The van der Waals surface area contributed by atoms with Crippen LogP contribution in [0.25, 0.3) is 0 Å². The number of esters is 1. The van der Waals surface area contributed by atoms with Gasteiger partial charge in [0.05, 0.1) is 25.4 Å². The van der Waals surface area contributed by atoms with Gasteiger partial charge in [-0.1, -0.05) is 301 Å². The minimum absolute atomic E-state index is 0.0123. The quantitative estimate of drug-likeness (QED) is 0.0320. The van der Waals surface area contributed by atoms with Crippen molar-refractivity contribution in [1.82, 2.24) is 5.32 Å². The summed E-state index contributed by atoms with van der Waals surface area (Å²) in [4.78, 5) is 24.6. The zero-order valence-electron chi connectivity index (χ0n) is 49.4. The first kappa shape index (κ1) is 71.3. The number of carbonyl (C=O) groups is 2. The Morgan fingerprint density at radius 2 is 0.644 bits per heavy atom. The molecule has 6 heteroatoms.